The Hall–Kier alpha value is -3.68. The summed E-state index contributed by atoms with van der Waals surface area (Å²) in [4.78, 5) is 19.9. The highest BCUT2D eigenvalue weighted by Gasteiger charge is 2.25. The summed E-state index contributed by atoms with van der Waals surface area (Å²) < 4.78 is 16.1. The van der Waals surface area contributed by atoms with E-state index in [2.05, 4.69) is 27.7 Å². The lowest BCUT2D eigenvalue weighted by Gasteiger charge is -2.30. The van der Waals surface area contributed by atoms with E-state index in [0.717, 1.165) is 48.1 Å². The quantitative estimate of drug-likeness (QED) is 0.494. The van der Waals surface area contributed by atoms with Crippen molar-refractivity contribution in [2.75, 3.05) is 45.6 Å². The number of aromatic nitrogens is 1. The largest absolute Gasteiger partial charge is 0.493 e. The number of benzene rings is 2. The molecular formula is C27H34N4O4. The molecule has 1 aliphatic rings. The minimum Gasteiger partial charge on any atom is -0.493 e. The average Bonchev–Trinajstić information content (AvgIpc) is 2.88. The van der Waals surface area contributed by atoms with Crippen LogP contribution in [0.3, 0.4) is 0 Å². The lowest BCUT2D eigenvalue weighted by molar-refractivity contribution is 0.0925. The number of hydrogen-bond acceptors (Lipinski definition) is 7. The SMILES string of the molecule is COc1cc(C(=O)N[C@H]2CC[C@@H](Nc3cc(N(C)C)c4ccccc4n3)CC2)cc(OC)c1OC. The summed E-state index contributed by atoms with van der Waals surface area (Å²) in [5.41, 5.74) is 2.60. The molecule has 1 aromatic heterocycles. The van der Waals surface area contributed by atoms with Crippen LogP contribution in [-0.4, -0.2) is 58.4 Å². The number of para-hydroxylation sites is 1. The predicted octanol–water partition coefficient (Wildman–Crippen LogP) is 4.48. The molecule has 2 N–H and O–H groups in total. The molecule has 1 heterocycles. The van der Waals surface area contributed by atoms with E-state index >= 15 is 0 Å². The number of carbonyl (C=O) groups is 1. The number of pyridine rings is 1. The minimum absolute atomic E-state index is 0.113. The van der Waals surface area contributed by atoms with Gasteiger partial charge in [-0.15, -0.1) is 0 Å². The first-order valence-electron chi connectivity index (χ1n) is 11.9. The van der Waals surface area contributed by atoms with Crippen molar-refractivity contribution in [3.8, 4) is 17.2 Å². The zero-order valence-corrected chi connectivity index (χ0v) is 21.1. The summed E-state index contributed by atoms with van der Waals surface area (Å²) in [6.07, 6.45) is 3.68. The summed E-state index contributed by atoms with van der Waals surface area (Å²) >= 11 is 0. The zero-order valence-electron chi connectivity index (χ0n) is 21.1. The van der Waals surface area contributed by atoms with Gasteiger partial charge in [0, 0.05) is 48.9 Å². The van der Waals surface area contributed by atoms with Gasteiger partial charge < -0.3 is 29.7 Å². The van der Waals surface area contributed by atoms with Crippen LogP contribution in [0, 0.1) is 0 Å². The number of hydrogen-bond donors (Lipinski definition) is 2. The third kappa shape index (κ3) is 5.37. The van der Waals surface area contributed by atoms with E-state index < -0.39 is 0 Å². The van der Waals surface area contributed by atoms with Crippen LogP contribution in [0.25, 0.3) is 10.9 Å². The maximum atomic E-state index is 13.0. The first-order chi connectivity index (χ1) is 16.9. The Morgan fingerprint density at radius 2 is 1.54 bits per heavy atom. The van der Waals surface area contributed by atoms with Crippen LogP contribution in [0.1, 0.15) is 36.0 Å². The van der Waals surface area contributed by atoms with E-state index in [-0.39, 0.29) is 11.9 Å². The van der Waals surface area contributed by atoms with Crippen molar-refractivity contribution in [3.05, 3.63) is 48.0 Å². The lowest BCUT2D eigenvalue weighted by Crippen LogP contribution is -2.40. The second-order valence-electron chi connectivity index (χ2n) is 9.02. The van der Waals surface area contributed by atoms with E-state index in [1.54, 1.807) is 33.5 Å². The number of rotatable bonds is 8. The van der Waals surface area contributed by atoms with Gasteiger partial charge in [-0.1, -0.05) is 18.2 Å². The van der Waals surface area contributed by atoms with Crippen molar-refractivity contribution >= 4 is 28.3 Å². The molecule has 0 aliphatic heterocycles. The van der Waals surface area contributed by atoms with Crippen LogP contribution >= 0.6 is 0 Å². The van der Waals surface area contributed by atoms with E-state index in [0.29, 0.717) is 28.9 Å². The fraction of sp³-hybridized carbons (Fsp3) is 0.407. The normalized spacial score (nSPS) is 17.5. The third-order valence-electron chi connectivity index (χ3n) is 6.52. The van der Waals surface area contributed by atoms with Crippen LogP contribution in [0.2, 0.25) is 0 Å². The Bertz CT molecular complexity index is 1160. The number of nitrogens with zero attached hydrogens (tertiary/aromatic N) is 2. The second kappa shape index (κ2) is 10.7. The molecule has 0 radical (unpaired) electrons. The third-order valence-corrected chi connectivity index (χ3v) is 6.52. The molecule has 2 aromatic carbocycles. The molecule has 1 saturated carbocycles. The molecule has 8 nitrogen and oxygen atoms in total. The van der Waals surface area contributed by atoms with Gasteiger partial charge in [-0.2, -0.15) is 0 Å². The first-order valence-corrected chi connectivity index (χ1v) is 11.9. The molecule has 4 rings (SSSR count). The molecule has 1 amide bonds. The number of nitrogens with one attached hydrogen (secondary N) is 2. The monoisotopic (exact) mass is 478 g/mol. The number of ether oxygens (including phenoxy) is 3. The van der Waals surface area contributed by atoms with Gasteiger partial charge in [0.15, 0.2) is 11.5 Å². The number of methoxy groups -OCH3 is 3. The molecule has 35 heavy (non-hydrogen) atoms. The summed E-state index contributed by atoms with van der Waals surface area (Å²) in [6.45, 7) is 0. The van der Waals surface area contributed by atoms with Crippen molar-refractivity contribution in [2.24, 2.45) is 0 Å². The number of carbonyl (C=O) groups excluding carboxylic acids is 1. The predicted molar refractivity (Wildman–Crippen MR) is 139 cm³/mol. The second-order valence-corrected chi connectivity index (χ2v) is 9.02. The van der Waals surface area contributed by atoms with Crippen molar-refractivity contribution in [3.63, 3.8) is 0 Å². The maximum absolute atomic E-state index is 13.0. The van der Waals surface area contributed by atoms with Crippen molar-refractivity contribution < 1.29 is 19.0 Å². The number of anilines is 2. The summed E-state index contributed by atoms with van der Waals surface area (Å²) in [7, 11) is 8.72. The summed E-state index contributed by atoms with van der Waals surface area (Å²) in [5, 5.41) is 7.93. The van der Waals surface area contributed by atoms with Crippen LogP contribution in [-0.2, 0) is 0 Å². The van der Waals surface area contributed by atoms with Gasteiger partial charge in [-0.3, -0.25) is 4.79 Å². The van der Waals surface area contributed by atoms with E-state index in [4.69, 9.17) is 19.2 Å². The highest BCUT2D eigenvalue weighted by molar-refractivity contribution is 5.96. The molecule has 1 aliphatic carbocycles. The molecule has 0 atom stereocenters. The molecular weight excluding hydrogens is 444 g/mol. The average molecular weight is 479 g/mol. The van der Waals surface area contributed by atoms with Crippen LogP contribution in [0.15, 0.2) is 42.5 Å². The van der Waals surface area contributed by atoms with Gasteiger partial charge >= 0.3 is 0 Å². The van der Waals surface area contributed by atoms with Gasteiger partial charge in [0.2, 0.25) is 5.75 Å². The Balaban J connectivity index is 1.39. The molecule has 0 saturated heterocycles. The van der Waals surface area contributed by atoms with Gasteiger partial charge in [-0.05, 0) is 43.9 Å². The lowest BCUT2D eigenvalue weighted by atomic mass is 9.91. The van der Waals surface area contributed by atoms with E-state index in [9.17, 15) is 4.79 Å². The number of amides is 1. The summed E-state index contributed by atoms with van der Waals surface area (Å²) in [6, 6.07) is 14.1. The molecule has 1 fully saturated rings. The van der Waals surface area contributed by atoms with Gasteiger partial charge in [0.05, 0.1) is 26.8 Å². The van der Waals surface area contributed by atoms with Gasteiger partial charge in [0.25, 0.3) is 5.91 Å². The van der Waals surface area contributed by atoms with Crippen LogP contribution in [0.5, 0.6) is 17.2 Å². The highest BCUT2D eigenvalue weighted by atomic mass is 16.5. The molecule has 0 spiro atoms. The van der Waals surface area contributed by atoms with Crippen molar-refractivity contribution in [1.29, 1.82) is 0 Å². The molecule has 8 heteroatoms. The minimum atomic E-state index is -0.146. The molecule has 186 valence electrons. The molecule has 3 aromatic rings. The highest BCUT2D eigenvalue weighted by Crippen LogP contribution is 2.38. The van der Waals surface area contributed by atoms with E-state index in [1.807, 2.05) is 32.3 Å². The Morgan fingerprint density at radius 3 is 2.14 bits per heavy atom. The molecule has 0 bridgehead atoms. The molecule has 0 unspecified atom stereocenters. The van der Waals surface area contributed by atoms with Crippen molar-refractivity contribution in [2.45, 2.75) is 37.8 Å². The van der Waals surface area contributed by atoms with Crippen LogP contribution in [0.4, 0.5) is 11.5 Å². The maximum Gasteiger partial charge on any atom is 0.251 e. The Labute approximate surface area is 206 Å². The topological polar surface area (TPSA) is 85.0 Å². The zero-order chi connectivity index (χ0) is 24.9. The Kier molecular flexibility index (Phi) is 7.48. The summed E-state index contributed by atoms with van der Waals surface area (Å²) in [5.74, 6) is 2.14. The Morgan fingerprint density at radius 1 is 0.914 bits per heavy atom. The smallest absolute Gasteiger partial charge is 0.251 e. The van der Waals surface area contributed by atoms with Gasteiger partial charge in [0.1, 0.15) is 5.82 Å². The van der Waals surface area contributed by atoms with Gasteiger partial charge in [-0.25, -0.2) is 4.98 Å². The standard InChI is InChI=1S/C27H34N4O4/c1-31(2)22-16-25(30-21-9-7-6-8-20(21)22)28-18-10-12-19(13-11-18)29-27(32)17-14-23(33-3)26(35-5)24(15-17)34-4/h6-9,14-16,18-19H,10-13H2,1-5H3,(H,28,30)(H,29,32)/t18-,19+. The fourth-order valence-electron chi connectivity index (χ4n) is 4.67. The van der Waals surface area contributed by atoms with Crippen LogP contribution < -0.4 is 29.7 Å². The van der Waals surface area contributed by atoms with Crippen molar-refractivity contribution in [1.82, 2.24) is 10.3 Å². The first kappa shape index (κ1) is 24.4. The fourth-order valence-corrected chi connectivity index (χ4v) is 4.67. The van der Waals surface area contributed by atoms with E-state index in [1.165, 1.54) is 0 Å². The number of fused-ring (bicyclic) bond motifs is 1.